The lowest BCUT2D eigenvalue weighted by atomic mass is 9.92. The third-order valence-electron chi connectivity index (χ3n) is 7.39. The average molecular weight is 662 g/mol. The lowest BCUT2D eigenvalue weighted by molar-refractivity contribution is -0.0384. The number of aliphatic hydroxyl groups excluding tert-OH is 2. The molecule has 14 nitrogen and oxygen atoms in total. The number of halogens is 1. The second kappa shape index (κ2) is 11.5. The van der Waals surface area contributed by atoms with E-state index in [4.69, 9.17) is 20.4 Å². The molecule has 0 amide bonds. The van der Waals surface area contributed by atoms with E-state index in [9.17, 15) is 10.2 Å². The molecule has 0 bridgehead atoms. The number of ether oxygens (including phenoxy) is 1. The first-order chi connectivity index (χ1) is 19.4. The highest BCUT2D eigenvalue weighted by Gasteiger charge is 2.47. The molecule has 0 spiro atoms. The Labute approximate surface area is 243 Å². The van der Waals surface area contributed by atoms with Crippen LogP contribution in [0.1, 0.15) is 56.3 Å². The molecular weight excluding hydrogens is 629 g/mol. The van der Waals surface area contributed by atoms with E-state index < -0.39 is 24.5 Å². The number of nitrogens with one attached hydrogen (secondary N) is 2. The maximum atomic E-state index is 11.0. The number of nitrogens with zero attached hydrogens (tertiary/aromatic N) is 8. The molecular formula is C25H32IN11O3. The Morgan fingerprint density at radius 2 is 1.98 bits per heavy atom. The summed E-state index contributed by atoms with van der Waals surface area (Å²) in [6.07, 6.45) is 0.804. The van der Waals surface area contributed by atoms with Gasteiger partial charge in [0.2, 0.25) is 11.8 Å². The maximum absolute atomic E-state index is 11.0. The number of hydrogen-bond donors (Lipinski definition) is 5. The van der Waals surface area contributed by atoms with Crippen molar-refractivity contribution in [2.24, 2.45) is 5.73 Å². The van der Waals surface area contributed by atoms with Crippen LogP contribution in [0.4, 0.5) is 11.8 Å². The zero-order chi connectivity index (χ0) is 27.8. The minimum Gasteiger partial charge on any atom is -0.387 e. The number of nitrogens with two attached hydrogens (primary N) is 1. The molecule has 6 rings (SSSR count). The summed E-state index contributed by atoms with van der Waals surface area (Å²) < 4.78 is 8.85. The summed E-state index contributed by atoms with van der Waals surface area (Å²) in [5, 5.41) is 40.9. The van der Waals surface area contributed by atoms with Gasteiger partial charge < -0.3 is 31.3 Å². The van der Waals surface area contributed by atoms with Crippen molar-refractivity contribution in [3.05, 3.63) is 45.6 Å². The van der Waals surface area contributed by atoms with E-state index in [-0.39, 0.29) is 17.9 Å². The van der Waals surface area contributed by atoms with Crippen LogP contribution >= 0.6 is 22.6 Å². The van der Waals surface area contributed by atoms with Gasteiger partial charge in [-0.3, -0.25) is 4.57 Å². The van der Waals surface area contributed by atoms with E-state index in [0.717, 1.165) is 34.8 Å². The molecule has 6 N–H and O–H groups in total. The van der Waals surface area contributed by atoms with Crippen molar-refractivity contribution in [2.45, 2.75) is 82.3 Å². The summed E-state index contributed by atoms with van der Waals surface area (Å²) in [7, 11) is 0. The Hall–Kier alpha value is -2.99. The standard InChI is InChI=1S/C25H32IN11O3/c1-2-37-34-22(33-35-37)20-18(38)19(39)24(40-20)36-12-29-17-21(28-11-13-4-3-5-14(26)10-13)31-25(32-23(17)36)30-16-8-6-15(27)7-9-16/h3-5,10,12,15-16,18-20,24,38-39H,2,6-9,11,27H2,1H3,(H2,28,30,31,32)/t15-,16-,18-,19+,20-,24+/m0/s1. The van der Waals surface area contributed by atoms with Crippen molar-refractivity contribution >= 4 is 45.5 Å². The number of tetrazole rings is 1. The van der Waals surface area contributed by atoms with Crippen molar-refractivity contribution in [3.8, 4) is 0 Å². The van der Waals surface area contributed by atoms with Gasteiger partial charge in [-0.15, -0.1) is 10.2 Å². The first kappa shape index (κ1) is 27.2. The molecule has 2 fully saturated rings. The quantitative estimate of drug-likeness (QED) is 0.173. The number of imidazole rings is 1. The normalized spacial score (nSPS) is 26.8. The van der Waals surface area contributed by atoms with Gasteiger partial charge in [-0.2, -0.15) is 14.8 Å². The maximum Gasteiger partial charge on any atom is 0.227 e. The van der Waals surface area contributed by atoms with Crippen LogP contribution in [0.15, 0.2) is 30.6 Å². The largest absolute Gasteiger partial charge is 0.387 e. The number of anilines is 2. The highest BCUT2D eigenvalue weighted by atomic mass is 127. The Morgan fingerprint density at radius 1 is 1.15 bits per heavy atom. The van der Waals surface area contributed by atoms with Crippen molar-refractivity contribution in [1.29, 1.82) is 0 Å². The monoisotopic (exact) mass is 661 g/mol. The van der Waals surface area contributed by atoms with Crippen molar-refractivity contribution in [1.82, 2.24) is 39.7 Å². The minimum absolute atomic E-state index is 0.198. The van der Waals surface area contributed by atoms with E-state index in [1.807, 2.05) is 25.1 Å². The molecule has 1 aromatic carbocycles. The second-order valence-electron chi connectivity index (χ2n) is 10.2. The van der Waals surface area contributed by atoms with Gasteiger partial charge in [-0.05, 0) is 78.1 Å². The van der Waals surface area contributed by atoms with Crippen LogP contribution < -0.4 is 16.4 Å². The zero-order valence-electron chi connectivity index (χ0n) is 21.9. The van der Waals surface area contributed by atoms with Crippen LogP contribution in [-0.4, -0.2) is 74.2 Å². The first-order valence-electron chi connectivity index (χ1n) is 13.4. The summed E-state index contributed by atoms with van der Waals surface area (Å²) in [6, 6.07) is 8.62. The molecule has 1 aliphatic heterocycles. The molecule has 1 saturated heterocycles. The van der Waals surface area contributed by atoms with E-state index in [2.05, 4.69) is 59.7 Å². The van der Waals surface area contributed by atoms with Crippen molar-refractivity contribution in [2.75, 3.05) is 10.6 Å². The molecule has 1 aliphatic carbocycles. The molecule has 0 radical (unpaired) electrons. The van der Waals surface area contributed by atoms with Crippen LogP contribution in [0, 0.1) is 3.57 Å². The summed E-state index contributed by atoms with van der Waals surface area (Å²) in [5.74, 6) is 1.19. The van der Waals surface area contributed by atoms with Crippen LogP contribution in [0.3, 0.4) is 0 Å². The predicted molar refractivity (Wildman–Crippen MR) is 154 cm³/mol. The molecule has 2 aliphatic rings. The van der Waals surface area contributed by atoms with E-state index in [0.29, 0.717) is 36.0 Å². The molecule has 4 aromatic rings. The highest BCUT2D eigenvalue weighted by Crippen LogP contribution is 2.39. The molecule has 0 unspecified atom stereocenters. The van der Waals surface area contributed by atoms with Gasteiger partial charge >= 0.3 is 0 Å². The van der Waals surface area contributed by atoms with Crippen molar-refractivity contribution < 1.29 is 14.9 Å². The fraction of sp³-hybridized carbons (Fsp3) is 0.520. The molecule has 1 saturated carbocycles. The molecule has 4 heterocycles. The second-order valence-corrected chi connectivity index (χ2v) is 11.5. The van der Waals surface area contributed by atoms with Crippen molar-refractivity contribution in [3.63, 3.8) is 0 Å². The van der Waals surface area contributed by atoms with E-state index in [1.165, 1.54) is 4.80 Å². The first-order valence-corrected chi connectivity index (χ1v) is 14.5. The van der Waals surface area contributed by atoms with Crippen LogP contribution in [0.2, 0.25) is 0 Å². The number of aromatic nitrogens is 8. The molecule has 15 heteroatoms. The lowest BCUT2D eigenvalue weighted by Crippen LogP contribution is -2.33. The Balaban J connectivity index is 1.33. The van der Waals surface area contributed by atoms with Gasteiger partial charge in [0.05, 0.1) is 12.9 Å². The highest BCUT2D eigenvalue weighted by molar-refractivity contribution is 14.1. The molecule has 40 heavy (non-hydrogen) atoms. The third kappa shape index (κ3) is 5.47. The fourth-order valence-electron chi connectivity index (χ4n) is 5.18. The number of aliphatic hydroxyl groups is 2. The van der Waals surface area contributed by atoms with Crippen LogP contribution in [0.5, 0.6) is 0 Å². The van der Waals surface area contributed by atoms with Gasteiger partial charge in [-0.25, -0.2) is 4.98 Å². The fourth-order valence-corrected chi connectivity index (χ4v) is 5.78. The number of aryl methyl sites for hydroxylation is 1. The summed E-state index contributed by atoms with van der Waals surface area (Å²) >= 11 is 2.29. The lowest BCUT2D eigenvalue weighted by Gasteiger charge is -2.27. The predicted octanol–water partition coefficient (Wildman–Crippen LogP) is 1.72. The zero-order valence-corrected chi connectivity index (χ0v) is 24.1. The van der Waals surface area contributed by atoms with Gasteiger partial charge in [0, 0.05) is 22.2 Å². The number of benzene rings is 1. The summed E-state index contributed by atoms with van der Waals surface area (Å²) in [4.78, 5) is 15.5. The van der Waals surface area contributed by atoms with Gasteiger partial charge in [0.25, 0.3) is 0 Å². The number of hydrogen-bond acceptors (Lipinski definition) is 12. The van der Waals surface area contributed by atoms with E-state index >= 15 is 0 Å². The SMILES string of the molecule is CCn1nnc([C@H]2O[C@@H](n3cnc4c(NCc5cccc(I)c5)nc(N[C@H]5CC[C@H](N)CC5)nc43)[C@H](O)[C@@H]2O)n1. The molecule has 3 aromatic heterocycles. The molecule has 4 atom stereocenters. The number of rotatable bonds is 8. The smallest absolute Gasteiger partial charge is 0.227 e. The number of fused-ring (bicyclic) bond motifs is 1. The summed E-state index contributed by atoms with van der Waals surface area (Å²) in [5.41, 5.74) is 8.18. The van der Waals surface area contributed by atoms with Gasteiger partial charge in [-0.1, -0.05) is 12.1 Å². The Morgan fingerprint density at radius 3 is 2.73 bits per heavy atom. The Bertz CT molecular complexity index is 1470. The molecule has 212 valence electrons. The average Bonchev–Trinajstić information content (AvgIpc) is 3.67. The minimum atomic E-state index is -1.27. The van der Waals surface area contributed by atoms with Gasteiger partial charge in [0.1, 0.15) is 12.2 Å². The Kier molecular flexibility index (Phi) is 7.80. The topological polar surface area (TPSA) is 187 Å². The van der Waals surface area contributed by atoms with E-state index in [1.54, 1.807) is 10.9 Å². The van der Waals surface area contributed by atoms with Crippen LogP contribution in [-0.2, 0) is 17.8 Å². The van der Waals surface area contributed by atoms with Gasteiger partial charge in [0.15, 0.2) is 29.3 Å². The van der Waals surface area contributed by atoms with Crippen LogP contribution in [0.25, 0.3) is 11.2 Å². The third-order valence-corrected chi connectivity index (χ3v) is 8.06. The summed E-state index contributed by atoms with van der Waals surface area (Å²) in [6.45, 7) is 2.94.